The smallest absolute Gasteiger partial charge is 0.261 e. The maximum absolute atomic E-state index is 12.3. The average Bonchev–Trinajstić information content (AvgIpc) is 2.60. The van der Waals surface area contributed by atoms with Crippen molar-refractivity contribution in [3.8, 4) is 11.5 Å². The number of carbonyl (C=O) groups excluding carboxylic acids is 1. The molecular formula is C21H27NO3. The Bertz CT molecular complexity index is 712. The molecule has 0 radical (unpaired) electrons. The molecule has 0 spiro atoms. The lowest BCUT2D eigenvalue weighted by Crippen LogP contribution is -2.39. The maximum atomic E-state index is 12.3. The molecule has 0 aliphatic rings. The zero-order chi connectivity index (χ0) is 18.2. The van der Waals surface area contributed by atoms with Crippen molar-refractivity contribution in [1.82, 2.24) is 5.32 Å². The molecule has 2 aromatic carbocycles. The third-order valence-electron chi connectivity index (χ3n) is 4.17. The molecule has 2 rings (SSSR count). The van der Waals surface area contributed by atoms with E-state index in [-0.39, 0.29) is 5.91 Å². The molecule has 0 aliphatic heterocycles. The number of rotatable bonds is 8. The normalized spacial score (nSPS) is 11.7. The zero-order valence-corrected chi connectivity index (χ0v) is 15.5. The van der Waals surface area contributed by atoms with Crippen molar-refractivity contribution in [2.24, 2.45) is 0 Å². The van der Waals surface area contributed by atoms with Crippen LogP contribution in [0, 0.1) is 20.8 Å². The fourth-order valence-corrected chi connectivity index (χ4v) is 2.44. The summed E-state index contributed by atoms with van der Waals surface area (Å²) in [5, 5.41) is 2.88. The van der Waals surface area contributed by atoms with E-state index in [9.17, 15) is 4.79 Å². The Balaban J connectivity index is 1.81. The fourth-order valence-electron chi connectivity index (χ4n) is 2.44. The van der Waals surface area contributed by atoms with Gasteiger partial charge in [-0.2, -0.15) is 0 Å². The summed E-state index contributed by atoms with van der Waals surface area (Å²) in [6.45, 7) is 8.90. The van der Waals surface area contributed by atoms with Crippen LogP contribution >= 0.6 is 0 Å². The highest BCUT2D eigenvalue weighted by Gasteiger charge is 2.18. The highest BCUT2D eigenvalue weighted by molar-refractivity contribution is 5.81. The fraction of sp³-hybridized carbons (Fsp3) is 0.381. The van der Waals surface area contributed by atoms with Gasteiger partial charge < -0.3 is 14.8 Å². The predicted molar refractivity (Wildman–Crippen MR) is 100 cm³/mol. The first-order valence-corrected chi connectivity index (χ1v) is 8.71. The van der Waals surface area contributed by atoms with Gasteiger partial charge in [-0.3, -0.25) is 4.79 Å². The van der Waals surface area contributed by atoms with Gasteiger partial charge >= 0.3 is 0 Å². The van der Waals surface area contributed by atoms with Crippen LogP contribution in [-0.2, 0) is 4.79 Å². The number of para-hydroxylation sites is 1. The Morgan fingerprint density at radius 2 is 1.80 bits per heavy atom. The number of nitrogens with one attached hydrogen (secondary N) is 1. The minimum absolute atomic E-state index is 0.117. The first kappa shape index (κ1) is 18.8. The molecule has 0 bridgehead atoms. The highest BCUT2D eigenvalue weighted by Crippen LogP contribution is 2.19. The number of carbonyl (C=O) groups is 1. The molecule has 1 atom stereocenters. The van der Waals surface area contributed by atoms with Crippen LogP contribution in [0.3, 0.4) is 0 Å². The average molecular weight is 341 g/mol. The van der Waals surface area contributed by atoms with Crippen molar-refractivity contribution in [3.63, 3.8) is 0 Å². The topological polar surface area (TPSA) is 47.6 Å². The SMILES string of the molecule is CC[C@@H](Oc1ccc(C)c(C)c1)C(=O)NCCOc1ccccc1C. The number of amides is 1. The van der Waals surface area contributed by atoms with Gasteiger partial charge in [0.2, 0.25) is 0 Å². The molecule has 1 N–H and O–H groups in total. The molecule has 4 nitrogen and oxygen atoms in total. The largest absolute Gasteiger partial charge is 0.491 e. The van der Waals surface area contributed by atoms with Gasteiger partial charge in [-0.15, -0.1) is 0 Å². The summed E-state index contributed by atoms with van der Waals surface area (Å²) in [7, 11) is 0. The van der Waals surface area contributed by atoms with E-state index in [1.54, 1.807) is 0 Å². The van der Waals surface area contributed by atoms with E-state index >= 15 is 0 Å². The van der Waals surface area contributed by atoms with Crippen molar-refractivity contribution in [3.05, 3.63) is 59.2 Å². The summed E-state index contributed by atoms with van der Waals surface area (Å²) in [4.78, 5) is 12.3. The van der Waals surface area contributed by atoms with Gasteiger partial charge in [0.1, 0.15) is 18.1 Å². The molecule has 0 aromatic heterocycles. The lowest BCUT2D eigenvalue weighted by atomic mass is 10.1. The predicted octanol–water partition coefficient (Wildman–Crippen LogP) is 3.96. The maximum Gasteiger partial charge on any atom is 0.261 e. The van der Waals surface area contributed by atoms with Crippen LogP contribution in [0.1, 0.15) is 30.0 Å². The third kappa shape index (κ3) is 5.52. The lowest BCUT2D eigenvalue weighted by Gasteiger charge is -2.18. The van der Waals surface area contributed by atoms with Crippen molar-refractivity contribution in [2.45, 2.75) is 40.2 Å². The number of benzene rings is 2. The number of aryl methyl sites for hydroxylation is 3. The van der Waals surface area contributed by atoms with Crippen LogP contribution in [-0.4, -0.2) is 25.2 Å². The van der Waals surface area contributed by atoms with Crippen molar-refractivity contribution < 1.29 is 14.3 Å². The molecule has 1 amide bonds. The molecule has 0 aliphatic carbocycles. The van der Waals surface area contributed by atoms with Gasteiger partial charge in [-0.1, -0.05) is 31.2 Å². The van der Waals surface area contributed by atoms with Crippen LogP contribution in [0.15, 0.2) is 42.5 Å². The Morgan fingerprint density at radius 3 is 2.48 bits per heavy atom. The summed E-state index contributed by atoms with van der Waals surface area (Å²) in [5.74, 6) is 1.45. The molecule has 0 fully saturated rings. The van der Waals surface area contributed by atoms with Crippen LogP contribution in [0.4, 0.5) is 0 Å². The van der Waals surface area contributed by atoms with E-state index in [1.807, 2.05) is 63.2 Å². The molecule has 2 aromatic rings. The van der Waals surface area contributed by atoms with Gasteiger partial charge in [0.15, 0.2) is 6.10 Å². The molecule has 4 heteroatoms. The summed E-state index contributed by atoms with van der Waals surface area (Å²) in [6, 6.07) is 13.7. The Labute approximate surface area is 150 Å². The number of hydrogen-bond donors (Lipinski definition) is 1. The Kier molecular flexibility index (Phi) is 6.87. The van der Waals surface area contributed by atoms with Gasteiger partial charge in [0.25, 0.3) is 5.91 Å². The van der Waals surface area contributed by atoms with Crippen molar-refractivity contribution >= 4 is 5.91 Å². The van der Waals surface area contributed by atoms with Crippen LogP contribution < -0.4 is 14.8 Å². The first-order chi connectivity index (χ1) is 12.0. The van der Waals surface area contributed by atoms with E-state index in [0.717, 1.165) is 22.6 Å². The Hall–Kier alpha value is -2.49. The van der Waals surface area contributed by atoms with E-state index in [1.165, 1.54) is 5.56 Å². The van der Waals surface area contributed by atoms with E-state index in [4.69, 9.17) is 9.47 Å². The molecular weight excluding hydrogens is 314 g/mol. The summed E-state index contributed by atoms with van der Waals surface area (Å²) in [5.41, 5.74) is 3.44. The molecule has 0 saturated heterocycles. The molecule has 25 heavy (non-hydrogen) atoms. The second-order valence-corrected chi connectivity index (χ2v) is 6.17. The molecule has 0 unspecified atom stereocenters. The first-order valence-electron chi connectivity index (χ1n) is 8.71. The second kappa shape index (κ2) is 9.11. The standard InChI is InChI=1S/C21H27NO3/c1-5-19(25-18-11-10-15(2)17(4)14-18)21(23)22-12-13-24-20-9-7-6-8-16(20)3/h6-11,14,19H,5,12-13H2,1-4H3,(H,22,23)/t19-/m1/s1. The van der Waals surface area contributed by atoms with Gasteiger partial charge in [0, 0.05) is 0 Å². The van der Waals surface area contributed by atoms with Crippen LogP contribution in [0.25, 0.3) is 0 Å². The summed E-state index contributed by atoms with van der Waals surface area (Å²) < 4.78 is 11.5. The zero-order valence-electron chi connectivity index (χ0n) is 15.5. The monoisotopic (exact) mass is 341 g/mol. The minimum atomic E-state index is -0.499. The van der Waals surface area contributed by atoms with E-state index in [2.05, 4.69) is 12.2 Å². The summed E-state index contributed by atoms with van der Waals surface area (Å²) in [6.07, 6.45) is 0.109. The van der Waals surface area contributed by atoms with E-state index in [0.29, 0.717) is 19.6 Å². The van der Waals surface area contributed by atoms with Gasteiger partial charge in [-0.05, 0) is 62.1 Å². The summed E-state index contributed by atoms with van der Waals surface area (Å²) >= 11 is 0. The number of hydrogen-bond acceptors (Lipinski definition) is 3. The van der Waals surface area contributed by atoms with E-state index < -0.39 is 6.10 Å². The second-order valence-electron chi connectivity index (χ2n) is 6.17. The molecule has 134 valence electrons. The van der Waals surface area contributed by atoms with Gasteiger partial charge in [0.05, 0.1) is 6.54 Å². The minimum Gasteiger partial charge on any atom is -0.491 e. The van der Waals surface area contributed by atoms with Crippen molar-refractivity contribution in [2.75, 3.05) is 13.2 Å². The number of ether oxygens (including phenoxy) is 2. The lowest BCUT2D eigenvalue weighted by molar-refractivity contribution is -0.128. The third-order valence-corrected chi connectivity index (χ3v) is 4.17. The van der Waals surface area contributed by atoms with Gasteiger partial charge in [-0.25, -0.2) is 0 Å². The quantitative estimate of drug-likeness (QED) is 0.739. The highest BCUT2D eigenvalue weighted by atomic mass is 16.5. The molecule has 0 heterocycles. The molecule has 0 saturated carbocycles. The van der Waals surface area contributed by atoms with Crippen molar-refractivity contribution in [1.29, 1.82) is 0 Å². The van der Waals surface area contributed by atoms with Crippen LogP contribution in [0.5, 0.6) is 11.5 Å². The van der Waals surface area contributed by atoms with Crippen LogP contribution in [0.2, 0.25) is 0 Å². The Morgan fingerprint density at radius 1 is 1.04 bits per heavy atom.